The number of fused-ring (bicyclic) bond motifs is 4. The van der Waals surface area contributed by atoms with E-state index in [-0.39, 0.29) is 0 Å². The summed E-state index contributed by atoms with van der Waals surface area (Å²) in [7, 11) is -2.79. The molecule has 2 heterocycles. The highest BCUT2D eigenvalue weighted by molar-refractivity contribution is 7.19. The highest BCUT2D eigenvalue weighted by Crippen LogP contribution is 2.36. The fourth-order valence-electron chi connectivity index (χ4n) is 8.00. The maximum atomic E-state index is 6.31. The van der Waals surface area contributed by atoms with E-state index in [1.165, 1.54) is 26.1 Å². The molecule has 0 N–H and O–H groups in total. The monoisotopic (exact) mass is 707 g/mol. The van der Waals surface area contributed by atoms with Crippen molar-refractivity contribution in [1.29, 1.82) is 0 Å². The van der Waals surface area contributed by atoms with Crippen LogP contribution in [0.15, 0.2) is 205 Å². The second kappa shape index (κ2) is 13.2. The van der Waals surface area contributed by atoms with Crippen LogP contribution in [0.2, 0.25) is 0 Å². The molecule has 0 aliphatic rings. The van der Waals surface area contributed by atoms with Gasteiger partial charge in [0.05, 0.1) is 0 Å². The van der Waals surface area contributed by atoms with Gasteiger partial charge in [0, 0.05) is 27.5 Å². The fraction of sp³-hybridized carbons (Fsp3) is 0. The zero-order valence-electron chi connectivity index (χ0n) is 29.3. The topological polar surface area (TPSA) is 51.8 Å². The molecule has 4 nitrogen and oxygen atoms in total. The summed E-state index contributed by atoms with van der Waals surface area (Å²) in [6, 6.07) is 70.9. The summed E-state index contributed by atoms with van der Waals surface area (Å²) >= 11 is 0. The lowest BCUT2D eigenvalue weighted by Crippen LogP contribution is -2.74. The third kappa shape index (κ3) is 5.33. The SMILES string of the molecule is c1ccc([Si](c2ccccc2)(c2ccccc2)c2cccc(-c3nc(-c4ccc5ccccc5c4)nc(-c4cccc5oc6ccccc6c45)n3)c2)cc1. The van der Waals surface area contributed by atoms with Gasteiger partial charge in [-0.3, -0.25) is 0 Å². The minimum Gasteiger partial charge on any atom is -0.456 e. The molecule has 0 saturated carbocycles. The second-order valence-electron chi connectivity index (χ2n) is 13.6. The van der Waals surface area contributed by atoms with Gasteiger partial charge in [0.1, 0.15) is 11.2 Å². The van der Waals surface area contributed by atoms with Crippen LogP contribution in [-0.2, 0) is 0 Å². The van der Waals surface area contributed by atoms with Crippen molar-refractivity contribution in [2.75, 3.05) is 0 Å². The van der Waals surface area contributed by atoms with Gasteiger partial charge < -0.3 is 4.42 Å². The van der Waals surface area contributed by atoms with Crippen LogP contribution in [-0.4, -0.2) is 23.0 Å². The molecule has 0 saturated heterocycles. The van der Waals surface area contributed by atoms with Crippen LogP contribution in [0.1, 0.15) is 0 Å². The van der Waals surface area contributed by atoms with E-state index in [1.807, 2.05) is 30.3 Å². The first kappa shape index (κ1) is 31.8. The highest BCUT2D eigenvalue weighted by Gasteiger charge is 2.41. The number of furan rings is 1. The smallest absolute Gasteiger partial charge is 0.179 e. The van der Waals surface area contributed by atoms with Gasteiger partial charge in [0.15, 0.2) is 25.5 Å². The number of benzene rings is 8. The molecule has 54 heavy (non-hydrogen) atoms. The summed E-state index contributed by atoms with van der Waals surface area (Å²) in [5, 5.41) is 9.51. The lowest BCUT2D eigenvalue weighted by Gasteiger charge is -2.34. The molecule has 0 fully saturated rings. The van der Waals surface area contributed by atoms with Crippen molar-refractivity contribution < 1.29 is 4.42 Å². The van der Waals surface area contributed by atoms with Crippen molar-refractivity contribution >= 4 is 61.5 Å². The molecule has 0 atom stereocenters. The van der Waals surface area contributed by atoms with Gasteiger partial charge >= 0.3 is 0 Å². The lowest BCUT2D eigenvalue weighted by atomic mass is 10.0. The van der Waals surface area contributed by atoms with Gasteiger partial charge in [0.25, 0.3) is 0 Å². The minimum atomic E-state index is -2.79. The Balaban J connectivity index is 1.24. The van der Waals surface area contributed by atoms with Gasteiger partial charge in [-0.05, 0) is 49.7 Å². The molecule has 0 bridgehead atoms. The summed E-state index contributed by atoms with van der Waals surface area (Å²) in [4.78, 5) is 15.7. The molecule has 254 valence electrons. The van der Waals surface area contributed by atoms with Crippen LogP contribution in [0.3, 0.4) is 0 Å². The maximum Gasteiger partial charge on any atom is 0.179 e. The van der Waals surface area contributed by atoms with Gasteiger partial charge in [-0.1, -0.05) is 182 Å². The van der Waals surface area contributed by atoms with E-state index in [0.717, 1.165) is 44.0 Å². The van der Waals surface area contributed by atoms with Crippen LogP contribution in [0, 0.1) is 0 Å². The van der Waals surface area contributed by atoms with Crippen molar-refractivity contribution in [3.05, 3.63) is 200 Å². The zero-order valence-corrected chi connectivity index (χ0v) is 30.3. The van der Waals surface area contributed by atoms with E-state index in [1.54, 1.807) is 0 Å². The summed E-state index contributed by atoms with van der Waals surface area (Å²) < 4.78 is 6.31. The van der Waals surface area contributed by atoms with Gasteiger partial charge in [-0.2, -0.15) is 0 Å². The predicted octanol–water partition coefficient (Wildman–Crippen LogP) is 9.30. The minimum absolute atomic E-state index is 0.600. The first-order chi connectivity index (χ1) is 26.8. The Labute approximate surface area is 314 Å². The Morgan fingerprint density at radius 1 is 0.352 bits per heavy atom. The molecule has 0 spiro atoms. The lowest BCUT2D eigenvalue weighted by molar-refractivity contribution is 0.669. The molecule has 10 aromatic rings. The second-order valence-corrected chi connectivity index (χ2v) is 17.4. The molecule has 0 aliphatic heterocycles. The molecule has 0 amide bonds. The molecule has 0 unspecified atom stereocenters. The van der Waals surface area contributed by atoms with Crippen LogP contribution in [0.5, 0.6) is 0 Å². The average Bonchev–Trinajstić information content (AvgIpc) is 3.64. The quantitative estimate of drug-likeness (QED) is 0.122. The Kier molecular flexibility index (Phi) is 7.78. The number of aromatic nitrogens is 3. The first-order valence-electron chi connectivity index (χ1n) is 18.2. The van der Waals surface area contributed by atoms with E-state index in [0.29, 0.717) is 17.5 Å². The molecular weight excluding hydrogens is 675 g/mol. The summed E-state index contributed by atoms with van der Waals surface area (Å²) in [5.74, 6) is 1.84. The van der Waals surface area contributed by atoms with Crippen molar-refractivity contribution in [3.8, 4) is 34.2 Å². The highest BCUT2D eigenvalue weighted by atomic mass is 28.3. The standard InChI is InChI=1S/C49H33N3OSi/c1-4-19-38(20-5-1)54(39-21-6-2-7-22-39,40-23-8-3-9-24-40)41-25-14-18-36(33-41)47-50-48(37-31-30-34-16-10-11-17-35(34)32-37)52-49(51-47)43-27-15-29-45-46(43)42-26-12-13-28-44(42)53-45/h1-33H. The molecule has 2 aromatic heterocycles. The molecular formula is C49H33N3OSi. The summed E-state index contributed by atoms with van der Waals surface area (Å²) in [6.45, 7) is 0. The third-order valence-corrected chi connectivity index (χ3v) is 15.2. The van der Waals surface area contributed by atoms with E-state index < -0.39 is 8.07 Å². The first-order valence-corrected chi connectivity index (χ1v) is 20.2. The predicted molar refractivity (Wildman–Crippen MR) is 225 cm³/mol. The molecule has 0 radical (unpaired) electrons. The normalized spacial score (nSPS) is 11.7. The van der Waals surface area contributed by atoms with E-state index in [4.69, 9.17) is 19.4 Å². The van der Waals surface area contributed by atoms with Crippen molar-refractivity contribution in [1.82, 2.24) is 15.0 Å². The fourth-order valence-corrected chi connectivity index (χ4v) is 12.8. The summed E-state index contributed by atoms with van der Waals surface area (Å²) in [6.07, 6.45) is 0. The number of hydrogen-bond donors (Lipinski definition) is 0. The number of para-hydroxylation sites is 1. The van der Waals surface area contributed by atoms with Gasteiger partial charge in [-0.15, -0.1) is 0 Å². The largest absolute Gasteiger partial charge is 0.456 e. The Morgan fingerprint density at radius 3 is 1.56 bits per heavy atom. The van der Waals surface area contributed by atoms with Crippen molar-refractivity contribution in [2.24, 2.45) is 0 Å². The van der Waals surface area contributed by atoms with Crippen molar-refractivity contribution in [3.63, 3.8) is 0 Å². The Bertz CT molecular complexity index is 2850. The molecule has 5 heteroatoms. The molecule has 10 rings (SSSR count). The van der Waals surface area contributed by atoms with E-state index in [2.05, 4.69) is 170 Å². The van der Waals surface area contributed by atoms with E-state index >= 15 is 0 Å². The molecule has 0 aliphatic carbocycles. The van der Waals surface area contributed by atoms with Crippen molar-refractivity contribution in [2.45, 2.75) is 0 Å². The van der Waals surface area contributed by atoms with Crippen LogP contribution < -0.4 is 20.7 Å². The average molecular weight is 708 g/mol. The number of nitrogens with zero attached hydrogens (tertiary/aromatic N) is 3. The van der Waals surface area contributed by atoms with Crippen LogP contribution in [0.25, 0.3) is 66.9 Å². The zero-order chi connectivity index (χ0) is 35.9. The Morgan fingerprint density at radius 2 is 0.870 bits per heavy atom. The van der Waals surface area contributed by atoms with Gasteiger partial charge in [-0.25, -0.2) is 15.0 Å². The van der Waals surface area contributed by atoms with Crippen LogP contribution >= 0.6 is 0 Å². The third-order valence-electron chi connectivity index (χ3n) is 10.5. The maximum absolute atomic E-state index is 6.31. The van der Waals surface area contributed by atoms with E-state index in [9.17, 15) is 0 Å². The van der Waals surface area contributed by atoms with Crippen LogP contribution in [0.4, 0.5) is 0 Å². The number of rotatable bonds is 7. The number of hydrogen-bond acceptors (Lipinski definition) is 4. The summed E-state index contributed by atoms with van der Waals surface area (Å²) in [5.41, 5.74) is 4.40. The molecule has 8 aromatic carbocycles. The van der Waals surface area contributed by atoms with Gasteiger partial charge in [0.2, 0.25) is 0 Å². The Hall–Kier alpha value is -6.95.